The molecule has 0 saturated heterocycles. The van der Waals surface area contributed by atoms with Gasteiger partial charge in [0.25, 0.3) is 0 Å². The van der Waals surface area contributed by atoms with Crippen molar-refractivity contribution in [3.8, 4) is 5.82 Å². The standard InChI is InChI=1S/C19H19N5O/c25-19(17-9-3-6-14-5-1-2-8-16(14)17)22-11-15-7-4-10-21-18(15)24-13-20-12-23-24/h1-2,4-5,7-8,10,12-13,17H,3,6,9,11H2,(H,22,25). The van der Waals surface area contributed by atoms with Crippen LogP contribution in [0.4, 0.5) is 0 Å². The maximum Gasteiger partial charge on any atom is 0.227 e. The number of hydrogen-bond donors (Lipinski definition) is 1. The third-order valence-corrected chi connectivity index (χ3v) is 4.64. The van der Waals surface area contributed by atoms with Crippen molar-refractivity contribution in [1.29, 1.82) is 0 Å². The number of carbonyl (C=O) groups excluding carboxylic acids is 1. The van der Waals surface area contributed by atoms with Gasteiger partial charge >= 0.3 is 0 Å². The number of benzene rings is 1. The molecular formula is C19H19N5O. The summed E-state index contributed by atoms with van der Waals surface area (Å²) in [6.45, 7) is 0.417. The summed E-state index contributed by atoms with van der Waals surface area (Å²) in [5, 5.41) is 7.20. The van der Waals surface area contributed by atoms with E-state index < -0.39 is 0 Å². The van der Waals surface area contributed by atoms with Crippen LogP contribution in [-0.4, -0.2) is 25.7 Å². The second-order valence-electron chi connectivity index (χ2n) is 6.19. The van der Waals surface area contributed by atoms with Gasteiger partial charge in [0.1, 0.15) is 12.7 Å². The van der Waals surface area contributed by atoms with Crippen molar-refractivity contribution < 1.29 is 4.79 Å². The molecule has 0 saturated carbocycles. The lowest BCUT2D eigenvalue weighted by Crippen LogP contribution is -2.31. The van der Waals surface area contributed by atoms with Crippen molar-refractivity contribution in [2.45, 2.75) is 31.7 Å². The Bertz CT molecular complexity index is 875. The van der Waals surface area contributed by atoms with Gasteiger partial charge in [0, 0.05) is 18.3 Å². The van der Waals surface area contributed by atoms with E-state index in [0.717, 1.165) is 30.4 Å². The molecule has 0 fully saturated rings. The summed E-state index contributed by atoms with van der Waals surface area (Å²) >= 11 is 0. The lowest BCUT2D eigenvalue weighted by Gasteiger charge is -2.24. The molecule has 4 rings (SSSR count). The molecule has 1 aliphatic carbocycles. The molecule has 0 radical (unpaired) electrons. The number of nitrogens with zero attached hydrogens (tertiary/aromatic N) is 4. The largest absolute Gasteiger partial charge is 0.351 e. The molecule has 1 aromatic carbocycles. The van der Waals surface area contributed by atoms with Crippen LogP contribution in [0, 0.1) is 0 Å². The van der Waals surface area contributed by atoms with E-state index in [1.54, 1.807) is 17.2 Å². The minimum atomic E-state index is -0.0727. The van der Waals surface area contributed by atoms with E-state index in [9.17, 15) is 4.79 Å². The number of pyridine rings is 1. The third-order valence-electron chi connectivity index (χ3n) is 4.64. The van der Waals surface area contributed by atoms with Gasteiger partial charge in [-0.1, -0.05) is 30.3 Å². The second-order valence-corrected chi connectivity index (χ2v) is 6.19. The first-order valence-corrected chi connectivity index (χ1v) is 8.47. The van der Waals surface area contributed by atoms with E-state index >= 15 is 0 Å². The fraction of sp³-hybridized carbons (Fsp3) is 0.263. The third kappa shape index (κ3) is 3.15. The Morgan fingerprint density at radius 3 is 3.04 bits per heavy atom. The number of nitrogens with one attached hydrogen (secondary N) is 1. The van der Waals surface area contributed by atoms with Gasteiger partial charge < -0.3 is 5.32 Å². The molecule has 0 spiro atoms. The van der Waals surface area contributed by atoms with Crippen molar-refractivity contribution in [1.82, 2.24) is 25.1 Å². The average Bonchev–Trinajstić information content (AvgIpc) is 3.20. The molecule has 25 heavy (non-hydrogen) atoms. The van der Waals surface area contributed by atoms with Gasteiger partial charge in [-0.25, -0.2) is 14.6 Å². The maximum absolute atomic E-state index is 12.8. The minimum absolute atomic E-state index is 0.0699. The second kappa shape index (κ2) is 6.84. The SMILES string of the molecule is O=C(NCc1cccnc1-n1cncn1)C1CCCc2ccccc21. The van der Waals surface area contributed by atoms with Crippen LogP contribution in [0.15, 0.2) is 55.2 Å². The Hall–Kier alpha value is -3.02. The van der Waals surface area contributed by atoms with Gasteiger partial charge in [-0.05, 0) is 36.5 Å². The molecule has 2 heterocycles. The van der Waals surface area contributed by atoms with E-state index in [1.807, 2.05) is 24.3 Å². The van der Waals surface area contributed by atoms with Gasteiger partial charge in [0.2, 0.25) is 5.91 Å². The van der Waals surface area contributed by atoms with Gasteiger partial charge in [0.15, 0.2) is 5.82 Å². The normalized spacial score (nSPS) is 16.2. The van der Waals surface area contributed by atoms with E-state index in [1.165, 1.54) is 11.9 Å². The Balaban J connectivity index is 1.51. The monoisotopic (exact) mass is 333 g/mol. The smallest absolute Gasteiger partial charge is 0.227 e. The molecule has 1 atom stereocenters. The highest BCUT2D eigenvalue weighted by atomic mass is 16.1. The van der Waals surface area contributed by atoms with Crippen LogP contribution in [0.2, 0.25) is 0 Å². The molecule has 2 aromatic heterocycles. The molecule has 6 nitrogen and oxygen atoms in total. The summed E-state index contributed by atoms with van der Waals surface area (Å²) in [7, 11) is 0. The lowest BCUT2D eigenvalue weighted by molar-refractivity contribution is -0.123. The van der Waals surface area contributed by atoms with Crippen molar-refractivity contribution in [2.75, 3.05) is 0 Å². The predicted molar refractivity (Wildman–Crippen MR) is 93.1 cm³/mol. The summed E-state index contributed by atoms with van der Waals surface area (Å²) in [6.07, 6.45) is 7.78. The summed E-state index contributed by atoms with van der Waals surface area (Å²) < 4.78 is 1.61. The first-order chi connectivity index (χ1) is 12.3. The molecular weight excluding hydrogens is 314 g/mol. The Morgan fingerprint density at radius 1 is 1.24 bits per heavy atom. The van der Waals surface area contributed by atoms with Crippen molar-refractivity contribution in [3.63, 3.8) is 0 Å². The van der Waals surface area contributed by atoms with Gasteiger partial charge in [-0.3, -0.25) is 4.79 Å². The number of carbonyl (C=O) groups is 1. The summed E-state index contributed by atoms with van der Waals surface area (Å²) in [5.74, 6) is 0.682. The zero-order valence-electron chi connectivity index (χ0n) is 13.8. The van der Waals surface area contributed by atoms with E-state index in [2.05, 4.69) is 32.5 Å². The summed E-state index contributed by atoms with van der Waals surface area (Å²) in [6, 6.07) is 12.0. The molecule has 1 amide bonds. The number of amides is 1. The maximum atomic E-state index is 12.8. The van der Waals surface area contributed by atoms with Crippen LogP contribution in [0.1, 0.15) is 35.4 Å². The lowest BCUT2D eigenvalue weighted by atomic mass is 9.82. The van der Waals surface area contributed by atoms with Gasteiger partial charge in [-0.2, -0.15) is 5.10 Å². The number of rotatable bonds is 4. The highest BCUT2D eigenvalue weighted by molar-refractivity contribution is 5.84. The predicted octanol–water partition coefficient (Wildman–Crippen LogP) is 2.40. The van der Waals surface area contributed by atoms with Crippen molar-refractivity contribution in [3.05, 3.63) is 71.9 Å². The highest BCUT2D eigenvalue weighted by Gasteiger charge is 2.26. The quantitative estimate of drug-likeness (QED) is 0.796. The van der Waals surface area contributed by atoms with Crippen LogP contribution in [0.25, 0.3) is 5.82 Å². The topological polar surface area (TPSA) is 72.7 Å². The van der Waals surface area contributed by atoms with Gasteiger partial charge in [-0.15, -0.1) is 0 Å². The van der Waals surface area contributed by atoms with Crippen LogP contribution < -0.4 is 5.32 Å². The van der Waals surface area contributed by atoms with Crippen LogP contribution in [-0.2, 0) is 17.8 Å². The van der Waals surface area contributed by atoms with Crippen molar-refractivity contribution in [2.24, 2.45) is 0 Å². The van der Waals surface area contributed by atoms with E-state index in [4.69, 9.17) is 0 Å². The molecule has 1 unspecified atom stereocenters. The molecule has 0 bridgehead atoms. The van der Waals surface area contributed by atoms with Crippen LogP contribution >= 0.6 is 0 Å². The zero-order valence-corrected chi connectivity index (χ0v) is 13.8. The summed E-state index contributed by atoms with van der Waals surface area (Å²) in [5.41, 5.74) is 3.36. The van der Waals surface area contributed by atoms with E-state index in [-0.39, 0.29) is 11.8 Å². The van der Waals surface area contributed by atoms with Crippen LogP contribution in [0.3, 0.4) is 0 Å². The number of fused-ring (bicyclic) bond motifs is 1. The first kappa shape index (κ1) is 15.5. The fourth-order valence-electron chi connectivity index (χ4n) is 3.42. The molecule has 1 N–H and O–H groups in total. The molecule has 6 heteroatoms. The Labute approximate surface area is 145 Å². The average molecular weight is 333 g/mol. The Kier molecular flexibility index (Phi) is 4.24. The molecule has 126 valence electrons. The summed E-state index contributed by atoms with van der Waals surface area (Å²) in [4.78, 5) is 21.1. The van der Waals surface area contributed by atoms with E-state index in [0.29, 0.717) is 12.4 Å². The zero-order chi connectivity index (χ0) is 17.1. The number of aromatic nitrogens is 4. The molecule has 0 aliphatic heterocycles. The number of hydrogen-bond acceptors (Lipinski definition) is 4. The van der Waals surface area contributed by atoms with Gasteiger partial charge in [0.05, 0.1) is 5.92 Å². The fourth-order valence-corrected chi connectivity index (χ4v) is 3.42. The highest BCUT2D eigenvalue weighted by Crippen LogP contribution is 2.31. The van der Waals surface area contributed by atoms with Crippen LogP contribution in [0.5, 0.6) is 0 Å². The molecule has 1 aliphatic rings. The Morgan fingerprint density at radius 2 is 2.16 bits per heavy atom. The number of aryl methyl sites for hydroxylation is 1. The molecule has 3 aromatic rings. The van der Waals surface area contributed by atoms with Crippen molar-refractivity contribution >= 4 is 5.91 Å². The first-order valence-electron chi connectivity index (χ1n) is 8.47. The minimum Gasteiger partial charge on any atom is -0.351 e.